The Labute approximate surface area is 109 Å². The Morgan fingerprint density at radius 1 is 1.39 bits per heavy atom. The van der Waals surface area contributed by atoms with E-state index in [0.717, 1.165) is 0 Å². The van der Waals surface area contributed by atoms with E-state index in [4.69, 9.17) is 15.3 Å². The average Bonchev–Trinajstić information content (AvgIpc) is 2.75. The van der Waals surface area contributed by atoms with Crippen LogP contribution in [0.1, 0.15) is 46.5 Å². The Morgan fingerprint density at radius 2 is 2.00 bits per heavy atom. The maximum atomic E-state index is 11.4. The molecule has 1 rings (SSSR count). The highest BCUT2D eigenvalue weighted by atomic mass is 16.7. The van der Waals surface area contributed by atoms with Crippen LogP contribution in [-0.4, -0.2) is 24.8 Å². The van der Waals surface area contributed by atoms with Gasteiger partial charge in [-0.05, 0) is 39.2 Å². The Hall–Kier alpha value is -0.810. The molecule has 0 radical (unpaired) electrons. The van der Waals surface area contributed by atoms with E-state index in [9.17, 15) is 4.79 Å². The zero-order valence-corrected chi connectivity index (χ0v) is 11.7. The van der Waals surface area contributed by atoms with Crippen LogP contribution in [0.3, 0.4) is 0 Å². The molecule has 1 aliphatic carbocycles. The van der Waals surface area contributed by atoms with Gasteiger partial charge in [-0.3, -0.25) is 4.84 Å². The van der Waals surface area contributed by atoms with E-state index in [1.165, 1.54) is 25.7 Å². The van der Waals surface area contributed by atoms with Gasteiger partial charge in [-0.1, -0.05) is 25.7 Å². The van der Waals surface area contributed by atoms with Gasteiger partial charge in [-0.15, -0.1) is 0 Å². The van der Waals surface area contributed by atoms with E-state index in [1.54, 1.807) is 0 Å². The molecular formula is C13H26N2O3. The molecule has 5 heteroatoms. The largest absolute Gasteiger partial charge is 0.442 e. The number of carbonyl (C=O) groups is 1. The topological polar surface area (TPSA) is 73.6 Å². The first-order valence-electron chi connectivity index (χ1n) is 6.73. The van der Waals surface area contributed by atoms with Gasteiger partial charge in [0.2, 0.25) is 0 Å². The maximum absolute atomic E-state index is 11.4. The van der Waals surface area contributed by atoms with Crippen molar-refractivity contribution in [1.82, 2.24) is 5.48 Å². The zero-order chi connectivity index (χ0) is 13.6. The third-order valence-electron chi connectivity index (χ3n) is 3.22. The van der Waals surface area contributed by atoms with E-state index < -0.39 is 11.7 Å². The highest BCUT2D eigenvalue weighted by Crippen LogP contribution is 2.30. The predicted octanol–water partition coefficient (Wildman–Crippen LogP) is 2.21. The van der Waals surface area contributed by atoms with Gasteiger partial charge in [-0.25, -0.2) is 4.79 Å². The molecule has 1 atom stereocenters. The number of ether oxygens (including phenoxy) is 1. The first kappa shape index (κ1) is 15.2. The summed E-state index contributed by atoms with van der Waals surface area (Å²) in [5, 5.41) is 0. The number of hydrogen-bond donors (Lipinski definition) is 2. The molecule has 1 fully saturated rings. The number of nitrogens with two attached hydrogens (primary N) is 1. The standard InChI is InChI=1S/C13H26N2O3/c1-13(2,3)18-12(16)15-17-9-11(8-14)10-6-4-5-7-10/h10-11H,4-9,14H2,1-3H3,(H,15,16). The van der Waals surface area contributed by atoms with Gasteiger partial charge in [0, 0.05) is 0 Å². The summed E-state index contributed by atoms with van der Waals surface area (Å²) in [6.07, 6.45) is 4.45. The quantitative estimate of drug-likeness (QED) is 0.741. The number of carbonyl (C=O) groups excluding carboxylic acids is 1. The Kier molecular flexibility index (Phi) is 5.88. The molecule has 1 amide bonds. The fourth-order valence-corrected chi connectivity index (χ4v) is 2.33. The van der Waals surface area contributed by atoms with E-state index in [1.807, 2.05) is 20.8 Å². The molecule has 3 N–H and O–H groups in total. The average molecular weight is 258 g/mol. The number of hydrogen-bond acceptors (Lipinski definition) is 4. The summed E-state index contributed by atoms with van der Waals surface area (Å²) >= 11 is 0. The summed E-state index contributed by atoms with van der Waals surface area (Å²) in [4.78, 5) is 16.6. The molecule has 18 heavy (non-hydrogen) atoms. The van der Waals surface area contributed by atoms with Gasteiger partial charge < -0.3 is 10.5 Å². The molecule has 0 bridgehead atoms. The molecule has 106 valence electrons. The minimum Gasteiger partial charge on any atom is -0.442 e. The molecule has 0 aromatic rings. The van der Waals surface area contributed by atoms with Gasteiger partial charge in [-0.2, -0.15) is 5.48 Å². The van der Waals surface area contributed by atoms with Gasteiger partial charge in [0.1, 0.15) is 5.60 Å². The van der Waals surface area contributed by atoms with Crippen LogP contribution in [0, 0.1) is 11.8 Å². The number of amides is 1. The fourth-order valence-electron chi connectivity index (χ4n) is 2.33. The second-order valence-electron chi connectivity index (χ2n) is 5.96. The van der Waals surface area contributed by atoms with Crippen molar-refractivity contribution in [3.63, 3.8) is 0 Å². The minimum atomic E-state index is -0.551. The Balaban J connectivity index is 2.20. The van der Waals surface area contributed by atoms with Crippen LogP contribution < -0.4 is 11.2 Å². The first-order valence-corrected chi connectivity index (χ1v) is 6.73. The Morgan fingerprint density at radius 3 is 2.50 bits per heavy atom. The summed E-state index contributed by atoms with van der Waals surface area (Å²) in [5.74, 6) is 0.956. The number of nitrogens with one attached hydrogen (secondary N) is 1. The van der Waals surface area contributed by atoms with Crippen LogP contribution in [0.2, 0.25) is 0 Å². The molecule has 1 saturated carbocycles. The molecule has 1 unspecified atom stereocenters. The molecule has 0 aromatic heterocycles. The maximum Gasteiger partial charge on any atom is 0.431 e. The molecule has 1 aliphatic rings. The highest BCUT2D eigenvalue weighted by Gasteiger charge is 2.24. The Bertz CT molecular complexity index is 257. The lowest BCUT2D eigenvalue weighted by atomic mass is 9.92. The minimum absolute atomic E-state index is 0.322. The molecule has 0 aromatic carbocycles. The van der Waals surface area contributed by atoms with E-state index >= 15 is 0 Å². The van der Waals surface area contributed by atoms with Crippen molar-refractivity contribution in [3.05, 3.63) is 0 Å². The lowest BCUT2D eigenvalue weighted by Crippen LogP contribution is -2.35. The molecular weight excluding hydrogens is 232 g/mol. The van der Waals surface area contributed by atoms with Crippen molar-refractivity contribution in [1.29, 1.82) is 0 Å². The normalized spacial score (nSPS) is 18.7. The van der Waals surface area contributed by atoms with Crippen molar-refractivity contribution in [2.75, 3.05) is 13.2 Å². The van der Waals surface area contributed by atoms with Crippen molar-refractivity contribution in [2.45, 2.75) is 52.1 Å². The molecule has 0 heterocycles. The second-order valence-corrected chi connectivity index (χ2v) is 5.96. The van der Waals surface area contributed by atoms with Gasteiger partial charge >= 0.3 is 6.09 Å². The van der Waals surface area contributed by atoms with Gasteiger partial charge in [0.25, 0.3) is 0 Å². The fraction of sp³-hybridized carbons (Fsp3) is 0.923. The SMILES string of the molecule is CC(C)(C)OC(=O)NOCC(CN)C1CCCC1. The smallest absolute Gasteiger partial charge is 0.431 e. The summed E-state index contributed by atoms with van der Waals surface area (Å²) in [6.45, 7) is 6.50. The van der Waals surface area contributed by atoms with Crippen LogP contribution in [0.5, 0.6) is 0 Å². The first-order chi connectivity index (χ1) is 8.42. The summed E-state index contributed by atoms with van der Waals surface area (Å²) < 4.78 is 5.07. The van der Waals surface area contributed by atoms with Gasteiger partial charge in [0.15, 0.2) is 0 Å². The zero-order valence-electron chi connectivity index (χ0n) is 11.7. The molecule has 5 nitrogen and oxygen atoms in total. The predicted molar refractivity (Wildman–Crippen MR) is 69.8 cm³/mol. The molecule has 0 spiro atoms. The van der Waals surface area contributed by atoms with Crippen LogP contribution >= 0.6 is 0 Å². The van der Waals surface area contributed by atoms with Crippen LogP contribution in [-0.2, 0) is 9.57 Å². The third-order valence-corrected chi connectivity index (χ3v) is 3.22. The van der Waals surface area contributed by atoms with Crippen molar-refractivity contribution >= 4 is 6.09 Å². The molecule has 0 saturated heterocycles. The van der Waals surface area contributed by atoms with Crippen LogP contribution in [0.25, 0.3) is 0 Å². The van der Waals surface area contributed by atoms with E-state index in [0.29, 0.717) is 25.0 Å². The van der Waals surface area contributed by atoms with Gasteiger partial charge in [0.05, 0.1) is 6.61 Å². The lowest BCUT2D eigenvalue weighted by Gasteiger charge is -2.22. The van der Waals surface area contributed by atoms with Crippen LogP contribution in [0.15, 0.2) is 0 Å². The third kappa shape index (κ3) is 5.69. The summed E-state index contributed by atoms with van der Waals surface area (Å²) in [7, 11) is 0. The van der Waals surface area contributed by atoms with Crippen molar-refractivity contribution in [3.8, 4) is 0 Å². The van der Waals surface area contributed by atoms with Crippen molar-refractivity contribution in [2.24, 2.45) is 17.6 Å². The monoisotopic (exact) mass is 258 g/mol. The second kappa shape index (κ2) is 6.95. The highest BCUT2D eigenvalue weighted by molar-refractivity contribution is 5.66. The summed E-state index contributed by atoms with van der Waals surface area (Å²) in [6, 6.07) is 0. The van der Waals surface area contributed by atoms with Crippen LogP contribution in [0.4, 0.5) is 4.79 Å². The lowest BCUT2D eigenvalue weighted by molar-refractivity contribution is -0.0226. The molecule has 0 aliphatic heterocycles. The van der Waals surface area contributed by atoms with E-state index in [-0.39, 0.29) is 0 Å². The van der Waals surface area contributed by atoms with Crippen molar-refractivity contribution < 1.29 is 14.4 Å². The number of rotatable bonds is 5. The summed E-state index contributed by atoms with van der Waals surface area (Å²) in [5.41, 5.74) is 7.55. The van der Waals surface area contributed by atoms with E-state index in [2.05, 4.69) is 5.48 Å². The number of hydroxylamine groups is 1.